The normalized spacial score (nSPS) is 14.6. The Hall–Kier alpha value is -7.41. The second kappa shape index (κ2) is 17.7. The predicted molar refractivity (Wildman–Crippen MR) is 260 cm³/mol. The molecule has 0 bridgehead atoms. The van der Waals surface area contributed by atoms with E-state index in [1.807, 2.05) is 60.7 Å². The lowest BCUT2D eigenvalue weighted by molar-refractivity contribution is 0.0959. The number of methoxy groups -OCH3 is 2. The van der Waals surface area contributed by atoms with E-state index in [9.17, 15) is 27.9 Å². The molecule has 0 radical (unpaired) electrons. The number of aromatic hydroxyl groups is 1. The third kappa shape index (κ3) is 8.13. The van der Waals surface area contributed by atoms with Crippen LogP contribution in [0, 0.1) is 0 Å². The van der Waals surface area contributed by atoms with Gasteiger partial charge in [0, 0.05) is 46.8 Å². The number of carbonyl (C=O) groups excluding carboxylic acids is 3. The highest BCUT2D eigenvalue weighted by molar-refractivity contribution is 8.13. The van der Waals surface area contributed by atoms with Crippen LogP contribution in [0.3, 0.4) is 0 Å². The number of amides is 2. The molecule has 5 aromatic carbocycles. The number of phenols is 1. The Bertz CT molecular complexity index is 3420. The number of nitrogens with zero attached hydrogens (tertiary/aromatic N) is 2. The van der Waals surface area contributed by atoms with E-state index in [0.29, 0.717) is 85.5 Å². The first kappa shape index (κ1) is 44.4. The quantitative estimate of drug-likeness (QED) is 0.0807. The number of fused-ring (bicyclic) bond motifs is 7. The predicted octanol–water partition coefficient (Wildman–Crippen LogP) is 8.27. The maximum atomic E-state index is 14.9. The summed E-state index contributed by atoms with van der Waals surface area (Å²) in [6.07, 6.45) is 2.08. The van der Waals surface area contributed by atoms with E-state index in [0.717, 1.165) is 29.1 Å². The summed E-state index contributed by atoms with van der Waals surface area (Å²) in [5, 5.41) is 13.3. The number of H-pyrrole nitrogens is 3. The monoisotopic (exact) mass is 955 g/mol. The van der Waals surface area contributed by atoms with Gasteiger partial charge in [-0.25, -0.2) is 0 Å². The summed E-state index contributed by atoms with van der Waals surface area (Å²) >= 11 is 1.05. The Morgan fingerprint density at radius 3 is 2.03 bits per heavy atom. The summed E-state index contributed by atoms with van der Waals surface area (Å²) in [5.41, 5.74) is 5.88. The van der Waals surface area contributed by atoms with Crippen molar-refractivity contribution in [2.45, 2.75) is 32.2 Å². The molecule has 0 unspecified atom stereocenters. The number of aromatic nitrogens is 3. The molecule has 10 rings (SSSR count). The number of benzene rings is 5. The molecule has 348 valence electrons. The van der Waals surface area contributed by atoms with Crippen molar-refractivity contribution >= 4 is 82.9 Å². The lowest BCUT2D eigenvalue weighted by Gasteiger charge is -2.34. The SMILES string of the molecule is COc1cc2[nH]c(C(=O)N3C[C@@H](OS(C)(=O)=O)Cc4c3cc(OCc3ccccc3)c3[nH]c(C(=O)N5CCc6c5c(O)c(OC)c5[nH]c(C(=O)SC)cc65)cc43)cc2cc1OCc1ccccc1. The van der Waals surface area contributed by atoms with Crippen molar-refractivity contribution in [1.82, 2.24) is 15.0 Å². The van der Waals surface area contributed by atoms with Gasteiger partial charge in [0.25, 0.3) is 21.9 Å². The number of nitrogens with one attached hydrogen (secondary N) is 3. The fourth-order valence-corrected chi connectivity index (χ4v) is 10.2. The molecule has 2 amide bonds. The van der Waals surface area contributed by atoms with Crippen LogP contribution < -0.4 is 28.7 Å². The van der Waals surface area contributed by atoms with Gasteiger partial charge in [0.2, 0.25) is 5.12 Å². The summed E-state index contributed by atoms with van der Waals surface area (Å²) in [6, 6.07) is 29.5. The number of hydrogen-bond acceptors (Lipinski definition) is 12. The molecule has 0 spiro atoms. The Labute approximate surface area is 394 Å². The summed E-state index contributed by atoms with van der Waals surface area (Å²) in [6.45, 7) is 0.509. The van der Waals surface area contributed by atoms with Gasteiger partial charge < -0.3 is 48.8 Å². The molecule has 18 heteroatoms. The van der Waals surface area contributed by atoms with Gasteiger partial charge in [-0.3, -0.25) is 18.6 Å². The van der Waals surface area contributed by atoms with Gasteiger partial charge in [-0.05, 0) is 59.2 Å². The van der Waals surface area contributed by atoms with Crippen LogP contribution in [0.4, 0.5) is 11.4 Å². The lowest BCUT2D eigenvalue weighted by atomic mass is 9.95. The average Bonchev–Trinajstić information content (AvgIpc) is 4.17. The van der Waals surface area contributed by atoms with Crippen LogP contribution in [0.25, 0.3) is 32.7 Å². The molecule has 0 fully saturated rings. The average molecular weight is 956 g/mol. The zero-order chi connectivity index (χ0) is 47.4. The minimum Gasteiger partial charge on any atom is -0.503 e. The fraction of sp³-hybridized carbons (Fsp3) is 0.220. The molecule has 68 heavy (non-hydrogen) atoms. The minimum atomic E-state index is -4.00. The van der Waals surface area contributed by atoms with Crippen molar-refractivity contribution in [3.8, 4) is 28.7 Å². The molecule has 5 heterocycles. The summed E-state index contributed by atoms with van der Waals surface area (Å²) in [7, 11) is -1.06. The van der Waals surface area contributed by atoms with Crippen molar-refractivity contribution in [3.05, 3.63) is 136 Å². The Balaban J connectivity index is 1.07. The number of rotatable bonds is 13. The molecular formula is C50H45N5O11S2. The van der Waals surface area contributed by atoms with E-state index in [2.05, 4.69) is 15.0 Å². The van der Waals surface area contributed by atoms with Crippen LogP contribution in [0.5, 0.6) is 28.7 Å². The molecule has 0 saturated heterocycles. The van der Waals surface area contributed by atoms with E-state index in [4.69, 9.17) is 23.1 Å². The van der Waals surface area contributed by atoms with Gasteiger partial charge in [-0.1, -0.05) is 72.4 Å². The third-order valence-corrected chi connectivity index (χ3v) is 13.5. The van der Waals surface area contributed by atoms with Gasteiger partial charge >= 0.3 is 0 Å². The fourth-order valence-electron chi connectivity index (χ4n) is 9.25. The van der Waals surface area contributed by atoms with E-state index in [1.54, 1.807) is 42.7 Å². The molecule has 3 aromatic heterocycles. The van der Waals surface area contributed by atoms with Gasteiger partial charge in [-0.15, -0.1) is 0 Å². The van der Waals surface area contributed by atoms with Crippen LogP contribution in [0.1, 0.15) is 53.7 Å². The number of carbonyl (C=O) groups is 3. The van der Waals surface area contributed by atoms with E-state index >= 15 is 0 Å². The Morgan fingerprint density at radius 2 is 1.37 bits per heavy atom. The first-order chi connectivity index (χ1) is 32.8. The molecule has 0 saturated carbocycles. The molecule has 1 atom stereocenters. The maximum Gasteiger partial charge on any atom is 0.274 e. The van der Waals surface area contributed by atoms with Crippen molar-refractivity contribution < 1.29 is 51.0 Å². The van der Waals surface area contributed by atoms with Gasteiger partial charge in [0.15, 0.2) is 23.0 Å². The van der Waals surface area contributed by atoms with Crippen molar-refractivity contribution in [3.63, 3.8) is 0 Å². The van der Waals surface area contributed by atoms with Gasteiger partial charge in [-0.2, -0.15) is 8.42 Å². The minimum absolute atomic E-state index is 0.0618. The maximum absolute atomic E-state index is 14.9. The number of ether oxygens (including phenoxy) is 4. The highest BCUT2D eigenvalue weighted by Crippen LogP contribution is 2.50. The lowest BCUT2D eigenvalue weighted by Crippen LogP contribution is -2.44. The van der Waals surface area contributed by atoms with Crippen LogP contribution >= 0.6 is 11.8 Å². The highest BCUT2D eigenvalue weighted by atomic mass is 32.2. The van der Waals surface area contributed by atoms with Gasteiger partial charge in [0.1, 0.15) is 30.4 Å². The zero-order valence-electron chi connectivity index (χ0n) is 37.3. The topological polar surface area (TPSA) is 206 Å². The molecule has 2 aliphatic rings. The van der Waals surface area contributed by atoms with Crippen molar-refractivity contribution in [1.29, 1.82) is 0 Å². The Kier molecular flexibility index (Phi) is 11.5. The Morgan fingerprint density at radius 1 is 0.735 bits per heavy atom. The first-order valence-electron chi connectivity index (χ1n) is 21.6. The molecular weight excluding hydrogens is 911 g/mol. The second-order valence-corrected chi connectivity index (χ2v) is 19.0. The van der Waals surface area contributed by atoms with E-state index in [-0.39, 0.29) is 59.8 Å². The summed E-state index contributed by atoms with van der Waals surface area (Å²) in [4.78, 5) is 55.0. The van der Waals surface area contributed by atoms with Crippen LogP contribution in [0.2, 0.25) is 0 Å². The molecule has 8 aromatic rings. The third-order valence-electron chi connectivity index (χ3n) is 12.3. The van der Waals surface area contributed by atoms with Crippen LogP contribution in [-0.4, -0.2) is 91.3 Å². The largest absolute Gasteiger partial charge is 0.503 e. The zero-order valence-corrected chi connectivity index (χ0v) is 38.9. The van der Waals surface area contributed by atoms with E-state index < -0.39 is 28.0 Å². The highest BCUT2D eigenvalue weighted by Gasteiger charge is 2.38. The summed E-state index contributed by atoms with van der Waals surface area (Å²) < 4.78 is 55.0. The molecule has 2 aliphatic heterocycles. The van der Waals surface area contributed by atoms with Crippen molar-refractivity contribution in [2.24, 2.45) is 0 Å². The standard InChI is InChI=1S/C50H45N5O11S2/c1-62-40-22-35-29(18-41(40)64-25-27-11-7-5-8-12-27)17-36(51-35)49(58)55-24-30(66-68(4,60)61)19-32-34-20-37(52-43(34)42(23-39(32)55)65-26-28-13-9-6-10-14-28)48(57)54-16-15-31-33-21-38(50(59)67-3)53-44(33)47(63-2)46(56)45(31)54/h5-14,17-18,20-23,30,51-53,56H,15-16,19,24-26H2,1-4H3/t30-/m0/s1. The number of hydrogen-bond donors (Lipinski definition) is 4. The molecule has 16 nitrogen and oxygen atoms in total. The molecule has 4 N–H and O–H groups in total. The number of anilines is 2. The van der Waals surface area contributed by atoms with E-state index in [1.165, 1.54) is 24.0 Å². The number of phenolic OH excluding ortho intramolecular Hbond substituents is 1. The summed E-state index contributed by atoms with van der Waals surface area (Å²) in [5.74, 6) is 0.140. The smallest absolute Gasteiger partial charge is 0.274 e. The van der Waals surface area contributed by atoms with Crippen LogP contribution in [0.15, 0.2) is 97.1 Å². The number of aromatic amines is 3. The van der Waals surface area contributed by atoms with Crippen molar-refractivity contribution in [2.75, 3.05) is 49.6 Å². The number of thioether (sulfide) groups is 1. The molecule has 0 aliphatic carbocycles. The van der Waals surface area contributed by atoms with Crippen LogP contribution in [-0.2, 0) is 40.4 Å². The first-order valence-corrected chi connectivity index (χ1v) is 24.6. The van der Waals surface area contributed by atoms with Gasteiger partial charge in [0.05, 0.1) is 61.2 Å². The second-order valence-electron chi connectivity index (χ2n) is 16.6.